The predicted molar refractivity (Wildman–Crippen MR) is 165 cm³/mol. The molecule has 1 aliphatic rings. The Kier molecular flexibility index (Phi) is 9.69. The molecule has 0 aliphatic heterocycles. The number of rotatable bonds is 11. The number of primary amides is 1. The van der Waals surface area contributed by atoms with Crippen molar-refractivity contribution in [1.29, 1.82) is 0 Å². The molecule has 4 atom stereocenters. The van der Waals surface area contributed by atoms with Crippen LogP contribution in [-0.4, -0.2) is 56.4 Å². The molecule has 43 heavy (non-hydrogen) atoms. The molecule has 4 amide bonds. The van der Waals surface area contributed by atoms with Gasteiger partial charge in [0.05, 0.1) is 0 Å². The summed E-state index contributed by atoms with van der Waals surface area (Å²) in [4.78, 5) is 57.8. The minimum atomic E-state index is -1.48. The van der Waals surface area contributed by atoms with Gasteiger partial charge in [0, 0.05) is 34.6 Å². The highest BCUT2D eigenvalue weighted by molar-refractivity contribution is 6.31. The van der Waals surface area contributed by atoms with E-state index in [0.29, 0.717) is 17.9 Å². The van der Waals surface area contributed by atoms with Crippen LogP contribution in [0, 0.1) is 11.8 Å². The molecule has 11 heteroatoms. The number of benzene rings is 2. The summed E-state index contributed by atoms with van der Waals surface area (Å²) in [6.45, 7) is 7.25. The summed E-state index contributed by atoms with van der Waals surface area (Å²) in [7, 11) is 0. The summed E-state index contributed by atoms with van der Waals surface area (Å²) in [5, 5.41) is 17.4. The summed E-state index contributed by atoms with van der Waals surface area (Å²) in [6, 6.07) is 12.5. The molecule has 6 N–H and O–H groups in total. The predicted octanol–water partition coefficient (Wildman–Crippen LogP) is 4.39. The average Bonchev–Trinajstić information content (AvgIpc) is 3.32. The van der Waals surface area contributed by atoms with E-state index in [-0.39, 0.29) is 31.2 Å². The van der Waals surface area contributed by atoms with Gasteiger partial charge in [-0.15, -0.1) is 0 Å². The van der Waals surface area contributed by atoms with Gasteiger partial charge in [-0.2, -0.15) is 0 Å². The molecular formula is C32H40ClN5O5. The Morgan fingerprint density at radius 3 is 2.42 bits per heavy atom. The first kappa shape index (κ1) is 31.9. The summed E-state index contributed by atoms with van der Waals surface area (Å²) in [5.41, 5.74) is 7.50. The molecule has 0 bridgehead atoms. The van der Waals surface area contributed by atoms with Crippen LogP contribution in [0.15, 0.2) is 48.5 Å². The first-order valence-electron chi connectivity index (χ1n) is 14.6. The number of fused-ring (bicyclic) bond motifs is 3. The van der Waals surface area contributed by atoms with Gasteiger partial charge in [-0.1, -0.05) is 76.0 Å². The van der Waals surface area contributed by atoms with Crippen molar-refractivity contribution in [2.45, 2.75) is 77.5 Å². The van der Waals surface area contributed by atoms with Crippen LogP contribution < -0.4 is 16.4 Å². The maximum Gasteiger partial charge on any atom is 0.408 e. The Morgan fingerprint density at radius 1 is 1.12 bits per heavy atom. The number of aromatic nitrogens is 1. The minimum absolute atomic E-state index is 0.00000927. The van der Waals surface area contributed by atoms with Crippen molar-refractivity contribution in [2.75, 3.05) is 0 Å². The number of hydrogen-bond donors (Lipinski definition) is 5. The molecule has 1 aromatic heterocycles. The van der Waals surface area contributed by atoms with Gasteiger partial charge in [-0.05, 0) is 54.0 Å². The second kappa shape index (κ2) is 13.1. The van der Waals surface area contributed by atoms with E-state index in [4.69, 9.17) is 17.3 Å². The molecule has 0 unspecified atom stereocenters. The van der Waals surface area contributed by atoms with E-state index in [0.717, 1.165) is 32.6 Å². The highest BCUT2D eigenvalue weighted by atomic mass is 35.5. The fourth-order valence-corrected chi connectivity index (χ4v) is 6.10. The van der Waals surface area contributed by atoms with Crippen molar-refractivity contribution in [3.8, 4) is 0 Å². The third kappa shape index (κ3) is 6.80. The van der Waals surface area contributed by atoms with E-state index >= 15 is 0 Å². The highest BCUT2D eigenvalue weighted by Crippen LogP contribution is 2.36. The molecule has 10 nitrogen and oxygen atoms in total. The van der Waals surface area contributed by atoms with Crippen molar-refractivity contribution < 1.29 is 24.3 Å². The first-order valence-corrected chi connectivity index (χ1v) is 15.0. The summed E-state index contributed by atoms with van der Waals surface area (Å²) in [5.74, 6) is -2.46. The topological polar surface area (TPSA) is 158 Å². The van der Waals surface area contributed by atoms with Gasteiger partial charge in [0.25, 0.3) is 0 Å². The van der Waals surface area contributed by atoms with Gasteiger partial charge < -0.3 is 26.5 Å². The smallest absolute Gasteiger partial charge is 0.408 e. The first-order chi connectivity index (χ1) is 20.4. The number of nitrogens with two attached hydrogens (primary N) is 1. The van der Waals surface area contributed by atoms with Crippen molar-refractivity contribution in [3.05, 3.63) is 70.4 Å². The molecule has 0 fully saturated rings. The monoisotopic (exact) mass is 609 g/mol. The lowest BCUT2D eigenvalue weighted by Crippen LogP contribution is -2.67. The molecule has 0 saturated heterocycles. The number of nitrogens with zero attached hydrogens (tertiary/aromatic N) is 1. The van der Waals surface area contributed by atoms with E-state index in [1.165, 1.54) is 0 Å². The van der Waals surface area contributed by atoms with Gasteiger partial charge >= 0.3 is 6.09 Å². The fraction of sp³-hybridized carbons (Fsp3) is 0.438. The second-order valence-corrected chi connectivity index (χ2v) is 12.3. The lowest BCUT2D eigenvalue weighted by Gasteiger charge is -2.41. The van der Waals surface area contributed by atoms with Crippen LogP contribution in [0.25, 0.3) is 10.9 Å². The lowest BCUT2D eigenvalue weighted by molar-refractivity contribution is -0.139. The number of carbonyl (C=O) groups excluding carboxylic acids is 3. The standard InChI is InChI=1S/C32H40ClN5O5/c1-5-19(4)27(38(31(42)43)17-20-9-7-6-8-10-20)29(40)37-32(30(41)36-26(18(2)3)28(34)39)14-13-25-23(16-32)22-15-21(33)11-12-24(22)35-25/h6-12,15,18-19,26-27,35H,5,13-14,16-17H2,1-4H3,(H2,34,39)(H,36,41)(H,37,40)(H,42,43)/t19-,26-,27-,32+/m0/s1. The van der Waals surface area contributed by atoms with Crippen molar-refractivity contribution >= 4 is 46.3 Å². The summed E-state index contributed by atoms with van der Waals surface area (Å²) < 4.78 is 0. The van der Waals surface area contributed by atoms with E-state index in [1.54, 1.807) is 32.0 Å². The van der Waals surface area contributed by atoms with E-state index < -0.39 is 41.4 Å². The van der Waals surface area contributed by atoms with Crippen molar-refractivity contribution in [3.63, 3.8) is 0 Å². The molecule has 230 valence electrons. The number of H-pyrrole nitrogens is 1. The minimum Gasteiger partial charge on any atom is -0.465 e. The van der Waals surface area contributed by atoms with Crippen LogP contribution in [0.5, 0.6) is 0 Å². The molecule has 3 aromatic rings. The van der Waals surface area contributed by atoms with E-state index in [1.807, 2.05) is 44.2 Å². The third-order valence-corrected chi connectivity index (χ3v) is 8.76. The van der Waals surface area contributed by atoms with Crippen LogP contribution in [0.1, 0.15) is 57.4 Å². The van der Waals surface area contributed by atoms with Gasteiger partial charge in [0.15, 0.2) is 0 Å². The molecule has 2 aromatic carbocycles. The number of halogens is 1. The number of aromatic amines is 1. The zero-order valence-electron chi connectivity index (χ0n) is 24.9. The van der Waals surface area contributed by atoms with Gasteiger partial charge in [-0.3, -0.25) is 19.3 Å². The highest BCUT2D eigenvalue weighted by Gasteiger charge is 2.47. The third-order valence-electron chi connectivity index (χ3n) is 8.52. The van der Waals surface area contributed by atoms with Crippen LogP contribution in [-0.2, 0) is 33.8 Å². The fourth-order valence-electron chi connectivity index (χ4n) is 5.93. The molecule has 0 saturated carbocycles. The number of amides is 4. The van der Waals surface area contributed by atoms with Crippen LogP contribution in [0.3, 0.4) is 0 Å². The van der Waals surface area contributed by atoms with Gasteiger partial charge in [-0.25, -0.2) is 4.79 Å². The average molecular weight is 610 g/mol. The lowest BCUT2D eigenvalue weighted by atomic mass is 9.78. The molecule has 1 heterocycles. The van der Waals surface area contributed by atoms with Gasteiger partial charge in [0.2, 0.25) is 17.7 Å². The van der Waals surface area contributed by atoms with Crippen LogP contribution >= 0.6 is 11.6 Å². The maximum atomic E-state index is 14.3. The number of carboxylic acid groups (broad SMARTS) is 1. The quantitative estimate of drug-likeness (QED) is 0.218. The normalized spacial score (nSPS) is 18.4. The largest absolute Gasteiger partial charge is 0.465 e. The second-order valence-electron chi connectivity index (χ2n) is 11.8. The van der Waals surface area contributed by atoms with Crippen molar-refractivity contribution in [1.82, 2.24) is 20.5 Å². The maximum absolute atomic E-state index is 14.3. The Morgan fingerprint density at radius 2 is 1.81 bits per heavy atom. The Balaban J connectivity index is 1.76. The molecular weight excluding hydrogens is 570 g/mol. The van der Waals surface area contributed by atoms with E-state index in [2.05, 4.69) is 15.6 Å². The van der Waals surface area contributed by atoms with E-state index in [9.17, 15) is 24.3 Å². The SMILES string of the molecule is CC[C@H](C)[C@@H](C(=O)N[C@]1(C(=O)N[C@H](C(N)=O)C(C)C)CCc2[nH]c3ccc(Cl)cc3c2C1)N(Cc1ccccc1)C(=O)O. The zero-order valence-corrected chi connectivity index (χ0v) is 25.7. The number of carbonyl (C=O) groups is 4. The zero-order chi connectivity index (χ0) is 31.5. The number of hydrogen-bond acceptors (Lipinski definition) is 4. The molecule has 0 radical (unpaired) electrons. The molecule has 4 rings (SSSR count). The number of nitrogens with one attached hydrogen (secondary N) is 3. The summed E-state index contributed by atoms with van der Waals surface area (Å²) in [6.07, 6.45) is 0.0501. The molecule has 0 spiro atoms. The Labute approximate surface area is 256 Å². The number of aryl methyl sites for hydroxylation is 1. The molecule has 1 aliphatic carbocycles. The summed E-state index contributed by atoms with van der Waals surface area (Å²) >= 11 is 6.32. The Bertz CT molecular complexity index is 1510. The van der Waals surface area contributed by atoms with Gasteiger partial charge in [0.1, 0.15) is 17.6 Å². The van der Waals surface area contributed by atoms with Crippen LogP contribution in [0.2, 0.25) is 5.02 Å². The van der Waals surface area contributed by atoms with Crippen molar-refractivity contribution in [2.24, 2.45) is 17.6 Å². The Hall–Kier alpha value is -4.05. The van der Waals surface area contributed by atoms with Crippen LogP contribution in [0.4, 0.5) is 4.79 Å².